The second kappa shape index (κ2) is 7.39. The molecule has 1 atom stereocenters. The van der Waals surface area contributed by atoms with E-state index in [1.165, 1.54) is 16.7 Å². The fourth-order valence-corrected chi connectivity index (χ4v) is 3.52. The van der Waals surface area contributed by atoms with Crippen LogP contribution in [0.4, 0.5) is 0 Å². The first kappa shape index (κ1) is 16.5. The molecular formula is C18H29NO2. The van der Waals surface area contributed by atoms with E-state index in [0.717, 1.165) is 39.1 Å². The second-order valence-electron chi connectivity index (χ2n) is 6.03. The largest absolute Gasteiger partial charge is 0.381 e. The predicted molar refractivity (Wildman–Crippen MR) is 86.9 cm³/mol. The van der Waals surface area contributed by atoms with Gasteiger partial charge in [0.05, 0.1) is 5.60 Å². The SMILES string of the molecule is CCOC1(C(Cc2c(C)cccc2C)NC)CCOCC1. The Labute approximate surface area is 129 Å². The lowest BCUT2D eigenvalue weighted by Gasteiger charge is -2.43. The van der Waals surface area contributed by atoms with E-state index >= 15 is 0 Å². The number of rotatable bonds is 6. The lowest BCUT2D eigenvalue weighted by molar-refractivity contribution is -0.125. The van der Waals surface area contributed by atoms with Crippen molar-refractivity contribution < 1.29 is 9.47 Å². The fourth-order valence-electron chi connectivity index (χ4n) is 3.52. The molecule has 1 aliphatic heterocycles. The maximum atomic E-state index is 6.23. The molecule has 0 amide bonds. The number of aryl methyl sites for hydroxylation is 2. The third-order valence-corrected chi connectivity index (χ3v) is 4.81. The van der Waals surface area contributed by atoms with Gasteiger partial charge < -0.3 is 14.8 Å². The molecule has 0 radical (unpaired) electrons. The van der Waals surface area contributed by atoms with Gasteiger partial charge in [-0.2, -0.15) is 0 Å². The van der Waals surface area contributed by atoms with Gasteiger partial charge in [-0.1, -0.05) is 18.2 Å². The van der Waals surface area contributed by atoms with Crippen LogP contribution < -0.4 is 5.32 Å². The molecule has 3 heteroatoms. The Balaban J connectivity index is 2.24. The van der Waals surface area contributed by atoms with Gasteiger partial charge in [0.1, 0.15) is 0 Å². The van der Waals surface area contributed by atoms with Crippen LogP contribution in [0.3, 0.4) is 0 Å². The number of likely N-dealkylation sites (N-methyl/N-ethyl adjacent to an activating group) is 1. The molecule has 2 rings (SSSR count). The van der Waals surface area contributed by atoms with E-state index in [9.17, 15) is 0 Å². The number of nitrogens with one attached hydrogen (secondary N) is 1. The molecule has 1 N–H and O–H groups in total. The minimum Gasteiger partial charge on any atom is -0.381 e. The van der Waals surface area contributed by atoms with Crippen LogP contribution in [0, 0.1) is 13.8 Å². The molecule has 118 valence electrons. The summed E-state index contributed by atoms with van der Waals surface area (Å²) in [4.78, 5) is 0. The molecular weight excluding hydrogens is 262 g/mol. The van der Waals surface area contributed by atoms with E-state index in [1.54, 1.807) is 0 Å². The van der Waals surface area contributed by atoms with Crippen LogP contribution in [0.25, 0.3) is 0 Å². The van der Waals surface area contributed by atoms with Crippen LogP contribution in [-0.4, -0.2) is 38.5 Å². The number of ether oxygens (including phenoxy) is 2. The van der Waals surface area contributed by atoms with Crippen LogP contribution in [0.1, 0.15) is 36.5 Å². The number of benzene rings is 1. The molecule has 0 bridgehead atoms. The monoisotopic (exact) mass is 291 g/mol. The Kier molecular flexibility index (Phi) is 5.80. The van der Waals surface area contributed by atoms with Crippen molar-refractivity contribution in [3.8, 4) is 0 Å². The Bertz CT molecular complexity index is 427. The smallest absolute Gasteiger partial charge is 0.0881 e. The van der Waals surface area contributed by atoms with E-state index in [0.29, 0.717) is 6.04 Å². The van der Waals surface area contributed by atoms with Crippen molar-refractivity contribution in [2.75, 3.05) is 26.9 Å². The Morgan fingerprint density at radius 2 is 1.86 bits per heavy atom. The molecule has 1 saturated heterocycles. The average molecular weight is 291 g/mol. The standard InChI is InChI=1S/C18H29NO2/c1-5-21-18(9-11-20-12-10-18)17(19-4)13-16-14(2)7-6-8-15(16)3/h6-8,17,19H,5,9-13H2,1-4H3. The summed E-state index contributed by atoms with van der Waals surface area (Å²) in [5.74, 6) is 0. The first-order valence-corrected chi connectivity index (χ1v) is 8.07. The maximum absolute atomic E-state index is 6.23. The van der Waals surface area contributed by atoms with E-state index < -0.39 is 0 Å². The van der Waals surface area contributed by atoms with Gasteiger partial charge in [-0.3, -0.25) is 0 Å². The molecule has 3 nitrogen and oxygen atoms in total. The molecule has 1 aromatic rings. The van der Waals surface area contributed by atoms with Crippen molar-refractivity contribution >= 4 is 0 Å². The van der Waals surface area contributed by atoms with Crippen molar-refractivity contribution in [1.29, 1.82) is 0 Å². The normalized spacial score (nSPS) is 19.4. The third kappa shape index (κ3) is 3.65. The first-order valence-electron chi connectivity index (χ1n) is 8.07. The van der Waals surface area contributed by atoms with Crippen LogP contribution in [0.15, 0.2) is 18.2 Å². The topological polar surface area (TPSA) is 30.5 Å². The summed E-state index contributed by atoms with van der Waals surface area (Å²) in [5, 5.41) is 3.52. The molecule has 1 unspecified atom stereocenters. The van der Waals surface area contributed by atoms with Gasteiger partial charge in [0.15, 0.2) is 0 Å². The quantitative estimate of drug-likeness (QED) is 0.874. The molecule has 1 heterocycles. The molecule has 1 fully saturated rings. The second-order valence-corrected chi connectivity index (χ2v) is 6.03. The summed E-state index contributed by atoms with van der Waals surface area (Å²) in [7, 11) is 2.05. The van der Waals surface area contributed by atoms with Crippen LogP contribution in [0.2, 0.25) is 0 Å². The average Bonchev–Trinajstić information content (AvgIpc) is 2.48. The summed E-state index contributed by atoms with van der Waals surface area (Å²) in [6.07, 6.45) is 2.95. The van der Waals surface area contributed by atoms with E-state index in [1.807, 2.05) is 0 Å². The highest BCUT2D eigenvalue weighted by Crippen LogP contribution is 2.31. The summed E-state index contributed by atoms with van der Waals surface area (Å²) >= 11 is 0. The zero-order valence-electron chi connectivity index (χ0n) is 13.9. The Hall–Kier alpha value is -0.900. The van der Waals surface area contributed by atoms with Crippen molar-refractivity contribution in [3.05, 3.63) is 34.9 Å². The number of hydrogen-bond donors (Lipinski definition) is 1. The maximum Gasteiger partial charge on any atom is 0.0881 e. The zero-order chi connectivity index (χ0) is 15.3. The van der Waals surface area contributed by atoms with Gasteiger partial charge in [-0.05, 0) is 50.9 Å². The molecule has 0 spiro atoms. The zero-order valence-corrected chi connectivity index (χ0v) is 13.9. The molecule has 0 saturated carbocycles. The molecule has 21 heavy (non-hydrogen) atoms. The highest BCUT2D eigenvalue weighted by molar-refractivity contribution is 5.34. The van der Waals surface area contributed by atoms with Crippen LogP contribution in [-0.2, 0) is 15.9 Å². The van der Waals surface area contributed by atoms with Crippen molar-refractivity contribution in [1.82, 2.24) is 5.32 Å². The Morgan fingerprint density at radius 1 is 1.24 bits per heavy atom. The highest BCUT2D eigenvalue weighted by atomic mass is 16.5. The minimum absolute atomic E-state index is 0.101. The van der Waals surface area contributed by atoms with Gasteiger partial charge in [0.25, 0.3) is 0 Å². The van der Waals surface area contributed by atoms with Gasteiger partial charge >= 0.3 is 0 Å². The summed E-state index contributed by atoms with van der Waals surface area (Å²) in [5.41, 5.74) is 4.08. The van der Waals surface area contributed by atoms with Gasteiger partial charge in [-0.15, -0.1) is 0 Å². The van der Waals surface area contributed by atoms with Gasteiger partial charge in [0, 0.05) is 38.7 Å². The summed E-state index contributed by atoms with van der Waals surface area (Å²) in [6, 6.07) is 6.86. The molecule has 1 aliphatic rings. The van der Waals surface area contributed by atoms with E-state index in [2.05, 4.69) is 51.3 Å². The van der Waals surface area contributed by atoms with Crippen molar-refractivity contribution in [3.63, 3.8) is 0 Å². The number of hydrogen-bond acceptors (Lipinski definition) is 3. The lowest BCUT2D eigenvalue weighted by atomic mass is 9.81. The lowest BCUT2D eigenvalue weighted by Crippen LogP contribution is -2.55. The summed E-state index contributed by atoms with van der Waals surface area (Å²) < 4.78 is 11.8. The molecule has 0 aliphatic carbocycles. The van der Waals surface area contributed by atoms with Crippen LogP contribution in [0.5, 0.6) is 0 Å². The third-order valence-electron chi connectivity index (χ3n) is 4.81. The van der Waals surface area contributed by atoms with E-state index in [-0.39, 0.29) is 5.60 Å². The summed E-state index contributed by atoms with van der Waals surface area (Å²) in [6.45, 7) is 8.84. The van der Waals surface area contributed by atoms with Gasteiger partial charge in [-0.25, -0.2) is 0 Å². The first-order chi connectivity index (χ1) is 10.1. The Morgan fingerprint density at radius 3 is 2.38 bits per heavy atom. The predicted octanol–water partition coefficient (Wildman–Crippen LogP) is 3.02. The van der Waals surface area contributed by atoms with Crippen molar-refractivity contribution in [2.24, 2.45) is 0 Å². The highest BCUT2D eigenvalue weighted by Gasteiger charge is 2.40. The molecule has 0 aromatic heterocycles. The van der Waals surface area contributed by atoms with Crippen molar-refractivity contribution in [2.45, 2.75) is 51.7 Å². The fraction of sp³-hybridized carbons (Fsp3) is 0.667. The van der Waals surface area contributed by atoms with E-state index in [4.69, 9.17) is 9.47 Å². The van der Waals surface area contributed by atoms with Gasteiger partial charge in [0.2, 0.25) is 0 Å². The van der Waals surface area contributed by atoms with Crippen LogP contribution >= 0.6 is 0 Å². The molecule has 1 aromatic carbocycles. The minimum atomic E-state index is -0.101.